The molecule has 1 N–H and O–H groups in total. The van der Waals surface area contributed by atoms with Gasteiger partial charge in [-0.05, 0) is 80.0 Å². The number of rotatable bonds is 2. The molecule has 4 aliphatic carbocycles. The van der Waals surface area contributed by atoms with Gasteiger partial charge in [-0.25, -0.2) is 0 Å². The van der Waals surface area contributed by atoms with Gasteiger partial charge < -0.3 is 14.3 Å². The first-order valence-electron chi connectivity index (χ1n) is 11.6. The van der Waals surface area contributed by atoms with E-state index in [1.165, 1.54) is 23.1 Å². The fourth-order valence-corrected chi connectivity index (χ4v) is 10.8. The van der Waals surface area contributed by atoms with Crippen LogP contribution in [0.2, 0.25) is 18.6 Å². The van der Waals surface area contributed by atoms with Gasteiger partial charge in [0.25, 0.3) is 0 Å². The van der Waals surface area contributed by atoms with Crippen molar-refractivity contribution in [2.75, 3.05) is 18.5 Å². The maximum Gasteiger partial charge on any atom is 0.191 e. The highest BCUT2D eigenvalue weighted by Gasteiger charge is 2.62. The van der Waals surface area contributed by atoms with Gasteiger partial charge in [-0.1, -0.05) is 34.5 Å². The molecule has 1 saturated heterocycles. The number of halogens is 1. The predicted octanol–water partition coefficient (Wildman–Crippen LogP) is 5.45. The summed E-state index contributed by atoms with van der Waals surface area (Å²) in [5, 5.41) is 10.9. The topological polar surface area (TPSA) is 62.5 Å². The number of hydrogen-bond acceptors (Lipinski definition) is 4. The van der Waals surface area contributed by atoms with Crippen LogP contribution in [0.25, 0.3) is 0 Å². The summed E-state index contributed by atoms with van der Waals surface area (Å²) < 4.78 is 12.4. The molecule has 2 fully saturated rings. The molecular formula is C24H34BrNO3Si. The fraction of sp³-hybridized carbons (Fsp3) is 0.792. The fourth-order valence-electron chi connectivity index (χ4n) is 7.66. The Morgan fingerprint density at radius 1 is 1.30 bits per heavy atom. The van der Waals surface area contributed by atoms with Crippen molar-refractivity contribution in [1.29, 1.82) is 5.26 Å². The molecule has 1 heterocycles. The average Bonchev–Trinajstić information content (AvgIpc) is 3.28. The van der Waals surface area contributed by atoms with Crippen LogP contribution in [0.5, 0.6) is 0 Å². The minimum atomic E-state index is -2.46. The maximum absolute atomic E-state index is 11.2. The first kappa shape index (κ1) is 21.4. The number of alkyl halides is 1. The molecule has 5 rings (SSSR count). The second-order valence-corrected chi connectivity index (χ2v) is 15.6. The normalized spacial score (nSPS) is 42.4. The Hall–Kier alpha value is -0.453. The lowest BCUT2D eigenvalue weighted by molar-refractivity contribution is -0.166. The van der Waals surface area contributed by atoms with Crippen LogP contribution in [-0.4, -0.2) is 37.4 Å². The Morgan fingerprint density at radius 2 is 2.03 bits per heavy atom. The lowest BCUT2D eigenvalue weighted by atomic mass is 9.54. The molecule has 5 aliphatic rings. The molecule has 1 saturated carbocycles. The predicted molar refractivity (Wildman–Crippen MR) is 122 cm³/mol. The van der Waals surface area contributed by atoms with Crippen LogP contribution in [0.1, 0.15) is 51.9 Å². The average molecular weight is 493 g/mol. The molecule has 1 unspecified atom stereocenters. The standard InChI is InChI=1S/C24H34BrNO3Si/c1-22-8-6-17-18(20(22)7-9-23(22,14-25)15-26)5-4-16-13-24(28-10-11-29-24)21(12-19(16)17)30(2,3)27/h6,18,20-21,27H,4-5,7-14H2,1-3H3/t18-,20+,21?,22+,23+/m1/s1. The van der Waals surface area contributed by atoms with Crippen molar-refractivity contribution in [3.63, 3.8) is 0 Å². The van der Waals surface area contributed by atoms with Crippen LogP contribution in [0.4, 0.5) is 0 Å². The molecule has 4 nitrogen and oxygen atoms in total. The molecule has 1 aliphatic heterocycles. The number of ether oxygens (including phenoxy) is 2. The third-order valence-electron chi connectivity index (χ3n) is 9.43. The number of fused-ring (bicyclic) bond motifs is 4. The minimum absolute atomic E-state index is 0.0510. The van der Waals surface area contributed by atoms with Crippen LogP contribution in [0, 0.1) is 34.0 Å². The van der Waals surface area contributed by atoms with Gasteiger partial charge in [0.05, 0.1) is 24.7 Å². The van der Waals surface area contributed by atoms with Crippen molar-refractivity contribution in [1.82, 2.24) is 0 Å². The first-order chi connectivity index (χ1) is 14.2. The van der Waals surface area contributed by atoms with E-state index in [1.54, 1.807) is 0 Å². The summed E-state index contributed by atoms with van der Waals surface area (Å²) >= 11 is 3.69. The molecule has 5 atom stereocenters. The lowest BCUT2D eigenvalue weighted by Gasteiger charge is -2.52. The smallest absolute Gasteiger partial charge is 0.191 e. The van der Waals surface area contributed by atoms with E-state index in [-0.39, 0.29) is 16.4 Å². The monoisotopic (exact) mass is 491 g/mol. The molecule has 0 amide bonds. The summed E-state index contributed by atoms with van der Waals surface area (Å²) in [6, 6.07) is 2.73. The Kier molecular flexibility index (Phi) is 5.01. The Balaban J connectivity index is 1.53. The number of nitrogens with zero attached hydrogens (tertiary/aromatic N) is 1. The summed E-state index contributed by atoms with van der Waals surface area (Å²) in [5.74, 6) is 0.538. The first-order valence-corrected chi connectivity index (χ1v) is 15.7. The van der Waals surface area contributed by atoms with Crippen molar-refractivity contribution >= 4 is 24.2 Å². The highest BCUT2D eigenvalue weighted by Crippen LogP contribution is 2.67. The second-order valence-electron chi connectivity index (χ2n) is 11.1. The summed E-state index contributed by atoms with van der Waals surface area (Å²) in [5.41, 5.74) is 4.42. The number of hydrogen-bond donors (Lipinski definition) is 1. The van der Waals surface area contributed by atoms with Crippen LogP contribution < -0.4 is 0 Å². The van der Waals surface area contributed by atoms with Gasteiger partial charge in [-0.3, -0.25) is 0 Å². The summed E-state index contributed by atoms with van der Waals surface area (Å²) in [6.07, 6.45) is 9.61. The highest BCUT2D eigenvalue weighted by molar-refractivity contribution is 9.09. The van der Waals surface area contributed by atoms with Gasteiger partial charge in [0, 0.05) is 17.3 Å². The number of allylic oxidation sites excluding steroid dienone is 3. The quantitative estimate of drug-likeness (QED) is 0.412. The van der Waals surface area contributed by atoms with Gasteiger partial charge in [0.1, 0.15) is 0 Å². The minimum Gasteiger partial charge on any atom is -0.432 e. The highest BCUT2D eigenvalue weighted by atomic mass is 79.9. The molecule has 0 radical (unpaired) electrons. The third kappa shape index (κ3) is 2.78. The lowest BCUT2D eigenvalue weighted by Crippen LogP contribution is -2.52. The van der Waals surface area contributed by atoms with Crippen LogP contribution in [-0.2, 0) is 9.47 Å². The molecule has 6 heteroatoms. The van der Waals surface area contributed by atoms with E-state index in [0.29, 0.717) is 25.0 Å². The van der Waals surface area contributed by atoms with Crippen molar-refractivity contribution in [3.05, 3.63) is 22.8 Å². The molecule has 0 bridgehead atoms. The van der Waals surface area contributed by atoms with E-state index in [9.17, 15) is 10.1 Å². The van der Waals surface area contributed by atoms with Gasteiger partial charge in [0.15, 0.2) is 14.1 Å². The third-order valence-corrected chi connectivity index (χ3v) is 12.7. The number of nitriles is 1. The molecular weight excluding hydrogens is 458 g/mol. The van der Waals surface area contributed by atoms with Gasteiger partial charge in [0.2, 0.25) is 0 Å². The molecule has 0 aromatic heterocycles. The molecule has 0 aromatic carbocycles. The SMILES string of the molecule is C[C@]12CC=C3C4=C(CC[C@H]3[C@@H]1CC[C@@]2(C#N)CBr)CC1(OCCO1)C([Si](C)(C)O)C4. The van der Waals surface area contributed by atoms with Crippen molar-refractivity contribution in [2.24, 2.45) is 22.7 Å². The Bertz CT molecular complexity index is 849. The summed E-state index contributed by atoms with van der Waals surface area (Å²) in [4.78, 5) is 11.2. The zero-order valence-corrected chi connectivity index (χ0v) is 21.1. The molecule has 1 spiro atoms. The van der Waals surface area contributed by atoms with Crippen molar-refractivity contribution in [2.45, 2.75) is 76.3 Å². The largest absolute Gasteiger partial charge is 0.432 e. The van der Waals surface area contributed by atoms with Gasteiger partial charge >= 0.3 is 0 Å². The van der Waals surface area contributed by atoms with Gasteiger partial charge in [-0.15, -0.1) is 0 Å². The van der Waals surface area contributed by atoms with E-state index in [1.807, 2.05) is 13.1 Å². The van der Waals surface area contributed by atoms with Crippen LogP contribution in [0.15, 0.2) is 22.8 Å². The van der Waals surface area contributed by atoms with E-state index < -0.39 is 14.1 Å². The molecule has 164 valence electrons. The van der Waals surface area contributed by atoms with E-state index in [2.05, 4.69) is 35.0 Å². The summed E-state index contributed by atoms with van der Waals surface area (Å²) in [7, 11) is -2.46. The van der Waals surface area contributed by atoms with Crippen molar-refractivity contribution in [3.8, 4) is 6.07 Å². The zero-order chi connectivity index (χ0) is 21.4. The zero-order valence-electron chi connectivity index (χ0n) is 18.5. The Morgan fingerprint density at radius 3 is 2.67 bits per heavy atom. The molecule has 30 heavy (non-hydrogen) atoms. The van der Waals surface area contributed by atoms with Gasteiger partial charge in [-0.2, -0.15) is 5.26 Å². The summed E-state index contributed by atoms with van der Waals surface area (Å²) in [6.45, 7) is 7.72. The Labute approximate surface area is 190 Å². The van der Waals surface area contributed by atoms with Crippen molar-refractivity contribution < 1.29 is 14.3 Å². The molecule has 0 aromatic rings. The van der Waals surface area contributed by atoms with E-state index in [0.717, 1.165) is 43.9 Å². The van der Waals surface area contributed by atoms with Crippen LogP contribution >= 0.6 is 15.9 Å². The second kappa shape index (κ2) is 7.02. The van der Waals surface area contributed by atoms with Crippen LogP contribution in [0.3, 0.4) is 0 Å². The van der Waals surface area contributed by atoms with E-state index in [4.69, 9.17) is 9.47 Å². The maximum atomic E-state index is 11.2. The van der Waals surface area contributed by atoms with E-state index >= 15 is 0 Å².